The Morgan fingerprint density at radius 1 is 0.576 bits per heavy atom. The van der Waals surface area contributed by atoms with Crippen LogP contribution in [-0.2, 0) is 46.5 Å². The minimum atomic E-state index is -5.37. The number of aliphatic hydroxyl groups excluding tert-OH is 4. The van der Waals surface area contributed by atoms with E-state index >= 15 is 0 Å². The number of phosphoric acid groups is 2. The van der Waals surface area contributed by atoms with Gasteiger partial charge in [-0.1, -0.05) is 133 Å². The first-order chi connectivity index (χ1) is 31.6. The van der Waals surface area contributed by atoms with Crippen molar-refractivity contribution in [3.05, 3.63) is 48.6 Å². The Morgan fingerprint density at radius 3 is 1.71 bits per heavy atom. The highest BCUT2D eigenvalue weighted by atomic mass is 31.2. The van der Waals surface area contributed by atoms with Crippen LogP contribution in [0.15, 0.2) is 48.6 Å². The predicted molar refractivity (Wildman–Crippen MR) is 250 cm³/mol. The number of aliphatic hydroxyl groups is 4. The Bertz CT molecular complexity index is 1530. The molecule has 382 valence electrons. The molecule has 0 aromatic heterocycles. The second-order valence-corrected chi connectivity index (χ2v) is 19.8. The van der Waals surface area contributed by atoms with Crippen molar-refractivity contribution in [2.45, 2.75) is 223 Å². The number of ether oxygens (including phenoxy) is 3. The summed E-state index contributed by atoms with van der Waals surface area (Å²) < 4.78 is 55.2. The van der Waals surface area contributed by atoms with Crippen LogP contribution in [-0.4, -0.2) is 115 Å². The van der Waals surface area contributed by atoms with Crippen molar-refractivity contribution in [1.29, 1.82) is 0 Å². The highest BCUT2D eigenvalue weighted by Gasteiger charge is 2.54. The Labute approximate surface area is 392 Å². The van der Waals surface area contributed by atoms with Crippen LogP contribution in [0.5, 0.6) is 0 Å². The summed E-state index contributed by atoms with van der Waals surface area (Å²) >= 11 is 0. The van der Waals surface area contributed by atoms with Crippen LogP contribution in [0.3, 0.4) is 0 Å². The fourth-order valence-electron chi connectivity index (χ4n) is 7.47. The van der Waals surface area contributed by atoms with E-state index in [4.69, 9.17) is 23.3 Å². The van der Waals surface area contributed by atoms with E-state index in [-0.39, 0.29) is 25.0 Å². The molecule has 0 radical (unpaired) electrons. The van der Waals surface area contributed by atoms with Crippen LogP contribution in [0.25, 0.3) is 0 Å². The van der Waals surface area contributed by atoms with Crippen LogP contribution in [0.4, 0.5) is 0 Å². The maximum absolute atomic E-state index is 13.0. The van der Waals surface area contributed by atoms with E-state index in [1.807, 2.05) is 0 Å². The van der Waals surface area contributed by atoms with Crippen molar-refractivity contribution in [1.82, 2.24) is 0 Å². The zero-order chi connectivity index (χ0) is 48.6. The maximum Gasteiger partial charge on any atom is 0.472 e. The minimum Gasteiger partial charge on any atom is -0.462 e. The van der Waals surface area contributed by atoms with Gasteiger partial charge in [-0.2, -0.15) is 0 Å². The summed E-state index contributed by atoms with van der Waals surface area (Å²) in [4.78, 5) is 54.4. The predicted octanol–water partition coefficient (Wildman–Crippen LogP) is 8.27. The van der Waals surface area contributed by atoms with Crippen LogP contribution >= 0.6 is 15.6 Å². The average Bonchev–Trinajstić information content (AvgIpc) is 4.03. The van der Waals surface area contributed by atoms with Gasteiger partial charge in [0.2, 0.25) is 0 Å². The molecule has 66 heavy (non-hydrogen) atoms. The van der Waals surface area contributed by atoms with Gasteiger partial charge in [0.25, 0.3) is 0 Å². The lowest BCUT2D eigenvalue weighted by Crippen LogP contribution is -2.64. The van der Waals surface area contributed by atoms with Gasteiger partial charge in [0.1, 0.15) is 43.2 Å². The van der Waals surface area contributed by atoms with Crippen LogP contribution in [0, 0.1) is 0 Å². The summed E-state index contributed by atoms with van der Waals surface area (Å²) in [7, 11) is -10.7. The molecule has 7 N–H and O–H groups in total. The van der Waals surface area contributed by atoms with E-state index in [0.717, 1.165) is 64.2 Å². The van der Waals surface area contributed by atoms with E-state index in [2.05, 4.69) is 67.0 Å². The number of unbranched alkanes of at least 4 members (excludes halogenated alkanes) is 14. The largest absolute Gasteiger partial charge is 0.472 e. The van der Waals surface area contributed by atoms with E-state index in [1.54, 1.807) is 0 Å². The fraction of sp³-hybridized carbons (Fsp3) is 0.787. The van der Waals surface area contributed by atoms with Crippen molar-refractivity contribution >= 4 is 27.6 Å². The lowest BCUT2D eigenvalue weighted by molar-refractivity contribution is -0.216. The summed E-state index contributed by atoms with van der Waals surface area (Å²) in [5.41, 5.74) is 0. The zero-order valence-electron chi connectivity index (χ0n) is 39.3. The molecule has 1 heterocycles. The highest BCUT2D eigenvalue weighted by Crippen LogP contribution is 2.49. The number of carbonyl (C=O) groups excluding carboxylic acids is 2. The third-order valence-corrected chi connectivity index (χ3v) is 12.8. The van der Waals surface area contributed by atoms with Crippen LogP contribution < -0.4 is 0 Å². The van der Waals surface area contributed by atoms with Crippen molar-refractivity contribution in [2.75, 3.05) is 13.2 Å². The van der Waals surface area contributed by atoms with Gasteiger partial charge in [0.05, 0.1) is 18.8 Å². The molecule has 2 fully saturated rings. The third kappa shape index (κ3) is 28.4. The van der Waals surface area contributed by atoms with E-state index in [0.29, 0.717) is 19.3 Å². The van der Waals surface area contributed by atoms with Crippen LogP contribution in [0.2, 0.25) is 0 Å². The molecule has 1 aliphatic heterocycles. The molecule has 17 nitrogen and oxygen atoms in total. The van der Waals surface area contributed by atoms with Crippen molar-refractivity contribution in [3.8, 4) is 0 Å². The van der Waals surface area contributed by atoms with Gasteiger partial charge in [-0.25, -0.2) is 9.13 Å². The topological polar surface area (TPSA) is 269 Å². The second kappa shape index (κ2) is 35.1. The molecule has 0 aromatic carbocycles. The summed E-state index contributed by atoms with van der Waals surface area (Å²) in [6.07, 6.45) is 25.1. The zero-order valence-corrected chi connectivity index (χ0v) is 41.1. The SMILES string of the molecule is CC/C=C\CCCCCCCCCCCCCC(=O)OC[C@H](COP(=O)(O)O[C@H]1C(O)C(O)C(O)[C@@H](OP(=O)(O)O)C1O)OC(=O)CCCC1OC1C/C=C\C/C=C\C/C=C\CCCCC. The molecule has 0 bridgehead atoms. The molecule has 1 saturated carbocycles. The first-order valence-electron chi connectivity index (χ1n) is 24.3. The number of hydrogen-bond acceptors (Lipinski definition) is 14. The smallest absolute Gasteiger partial charge is 0.462 e. The van der Waals surface area contributed by atoms with Gasteiger partial charge < -0.3 is 49.3 Å². The lowest BCUT2D eigenvalue weighted by atomic mass is 9.85. The lowest BCUT2D eigenvalue weighted by Gasteiger charge is -2.43. The molecular formula is C47H82O17P2. The quantitative estimate of drug-likeness (QED) is 0.0100. The third-order valence-electron chi connectivity index (χ3n) is 11.3. The Balaban J connectivity index is 1.82. The van der Waals surface area contributed by atoms with E-state index in [9.17, 15) is 53.8 Å². The van der Waals surface area contributed by atoms with Gasteiger partial charge >= 0.3 is 27.6 Å². The Morgan fingerprint density at radius 2 is 1.11 bits per heavy atom. The molecule has 2 rings (SSSR count). The van der Waals surface area contributed by atoms with Crippen molar-refractivity contribution in [2.24, 2.45) is 0 Å². The molecule has 7 unspecified atom stereocenters. The molecule has 10 atom stereocenters. The van der Waals surface area contributed by atoms with Gasteiger partial charge in [-0.05, 0) is 70.6 Å². The molecule has 2 aliphatic rings. The first kappa shape index (κ1) is 60.0. The molecule has 1 saturated heterocycles. The van der Waals surface area contributed by atoms with E-state index in [1.165, 1.54) is 57.8 Å². The minimum absolute atomic E-state index is 0.0111. The molecule has 0 spiro atoms. The van der Waals surface area contributed by atoms with Gasteiger partial charge in [0, 0.05) is 12.8 Å². The van der Waals surface area contributed by atoms with Crippen molar-refractivity contribution < 1.29 is 81.6 Å². The number of hydrogen-bond donors (Lipinski definition) is 7. The molecule has 1 aliphatic carbocycles. The Kier molecular flexibility index (Phi) is 31.9. The number of phosphoric ester groups is 2. The summed E-state index contributed by atoms with van der Waals surface area (Å²) in [5.74, 6) is -1.28. The summed E-state index contributed by atoms with van der Waals surface area (Å²) in [6, 6.07) is 0. The number of allylic oxidation sites excluding steroid dienone is 7. The maximum atomic E-state index is 13.0. The van der Waals surface area contributed by atoms with Crippen LogP contribution in [0.1, 0.15) is 168 Å². The highest BCUT2D eigenvalue weighted by molar-refractivity contribution is 7.47. The summed E-state index contributed by atoms with van der Waals surface area (Å²) in [6.45, 7) is 2.94. The molecular weight excluding hydrogens is 898 g/mol. The first-order valence-corrected chi connectivity index (χ1v) is 27.3. The second-order valence-electron chi connectivity index (χ2n) is 17.2. The van der Waals surface area contributed by atoms with Crippen molar-refractivity contribution in [3.63, 3.8) is 0 Å². The fourth-order valence-corrected chi connectivity index (χ4v) is 9.01. The molecule has 0 aromatic rings. The number of carbonyl (C=O) groups is 2. The standard InChI is InChI=1S/C47H82O17P2/c1-3-5-7-9-11-13-15-17-18-19-21-23-25-27-29-33-40(48)59-35-37(36-60-66(57,58)64-47-44(52)42(50)43(51)46(45(47)53)63-65(54,55)56)61-41(49)34-30-32-39-38(62-39)31-28-26-24-22-20-16-14-12-10-8-6-4-2/h5,7,12,14,20,22,26,28,37-39,42-47,50-53H,3-4,6,8-11,13,15-19,21,23-25,27,29-36H2,1-2H3,(H,57,58)(H2,54,55,56)/b7-5-,14-12-,22-20-,28-26-/t37-,38?,39?,42?,43?,44?,45?,46-,47+/m1/s1. The molecule has 19 heteroatoms. The van der Waals surface area contributed by atoms with E-state index < -0.39 is 83.5 Å². The van der Waals surface area contributed by atoms with Gasteiger partial charge in [-0.15, -0.1) is 0 Å². The number of rotatable bonds is 39. The average molecular weight is 981 g/mol. The van der Waals surface area contributed by atoms with Gasteiger partial charge in [0.15, 0.2) is 6.10 Å². The number of esters is 2. The number of epoxide rings is 1. The monoisotopic (exact) mass is 981 g/mol. The van der Waals surface area contributed by atoms with Gasteiger partial charge in [-0.3, -0.25) is 23.2 Å². The molecule has 0 amide bonds. The Hall–Kier alpha value is -2.08. The normalized spacial score (nSPS) is 25.0. The summed E-state index contributed by atoms with van der Waals surface area (Å²) in [5, 5.41) is 41.3.